The van der Waals surface area contributed by atoms with Gasteiger partial charge in [-0.15, -0.1) is 0 Å². The number of amides is 1. The van der Waals surface area contributed by atoms with E-state index in [1.165, 1.54) is 6.92 Å². The van der Waals surface area contributed by atoms with E-state index in [0.29, 0.717) is 0 Å². The quantitative estimate of drug-likeness (QED) is 0.727. The van der Waals surface area contributed by atoms with Crippen LogP contribution in [0, 0.1) is 0 Å². The van der Waals surface area contributed by atoms with Crippen molar-refractivity contribution in [3.05, 3.63) is 59.7 Å². The summed E-state index contributed by atoms with van der Waals surface area (Å²) in [5.74, 6) is -2.51. The lowest BCUT2D eigenvalue weighted by atomic mass is 9.93. The third-order valence-corrected chi connectivity index (χ3v) is 5.13. The van der Waals surface area contributed by atoms with Crippen molar-refractivity contribution in [1.29, 1.82) is 0 Å². The van der Waals surface area contributed by atoms with E-state index < -0.39 is 30.2 Å². The fourth-order valence-electron chi connectivity index (χ4n) is 3.74. The van der Waals surface area contributed by atoms with Gasteiger partial charge in [-0.3, -0.25) is 5.32 Å². The predicted octanol–water partition coefficient (Wildman–Crippen LogP) is 4.71. The molecule has 1 amide bonds. The predicted molar refractivity (Wildman–Crippen MR) is 99.5 cm³/mol. The molecule has 0 aromatic heterocycles. The van der Waals surface area contributed by atoms with Crippen molar-refractivity contribution in [3.8, 4) is 11.1 Å². The molecule has 3 rings (SSSR count). The molecule has 2 N–H and O–H groups in total. The highest BCUT2D eigenvalue weighted by Gasteiger charge is 2.61. The second-order valence-corrected chi connectivity index (χ2v) is 6.91. The summed E-state index contributed by atoms with van der Waals surface area (Å²) in [6, 6.07) is 15.0. The van der Waals surface area contributed by atoms with Crippen LogP contribution in [0.5, 0.6) is 0 Å². The molecule has 8 heteroatoms. The minimum atomic E-state index is -5.17. The molecule has 0 radical (unpaired) electrons. The van der Waals surface area contributed by atoms with Crippen LogP contribution in [0.15, 0.2) is 48.5 Å². The Hall–Kier alpha value is -3.03. The van der Waals surface area contributed by atoms with E-state index >= 15 is 0 Å². The molecule has 2 aromatic rings. The molecule has 1 aliphatic carbocycles. The fraction of sp³-hybridized carbons (Fsp3) is 0.333. The fourth-order valence-corrected chi connectivity index (χ4v) is 3.74. The molecule has 0 saturated heterocycles. The summed E-state index contributed by atoms with van der Waals surface area (Å²) < 4.78 is 45.4. The number of rotatable bonds is 6. The van der Waals surface area contributed by atoms with E-state index in [-0.39, 0.29) is 18.9 Å². The monoisotopic (exact) mass is 407 g/mol. The number of hydrogen-bond acceptors (Lipinski definition) is 3. The summed E-state index contributed by atoms with van der Waals surface area (Å²) in [4.78, 5) is 23.6. The Morgan fingerprint density at radius 1 is 1.03 bits per heavy atom. The smallest absolute Gasteiger partial charge is 0.422 e. The number of benzene rings is 2. The lowest BCUT2D eigenvalue weighted by Crippen LogP contribution is -2.64. The number of aliphatic carboxylic acids is 1. The summed E-state index contributed by atoms with van der Waals surface area (Å²) >= 11 is 0. The number of alkyl halides is 3. The van der Waals surface area contributed by atoms with Crippen LogP contribution in [-0.4, -0.2) is 35.5 Å². The van der Waals surface area contributed by atoms with Gasteiger partial charge in [0.25, 0.3) is 0 Å². The van der Waals surface area contributed by atoms with E-state index in [2.05, 4.69) is 0 Å². The minimum Gasteiger partial charge on any atom is -0.479 e. The number of carbonyl (C=O) groups excluding carboxylic acids is 1. The van der Waals surface area contributed by atoms with E-state index in [1.54, 1.807) is 5.32 Å². The Labute approximate surface area is 165 Å². The van der Waals surface area contributed by atoms with Crippen molar-refractivity contribution in [1.82, 2.24) is 5.32 Å². The molecule has 1 atom stereocenters. The van der Waals surface area contributed by atoms with Crippen LogP contribution < -0.4 is 5.32 Å². The number of ether oxygens (including phenoxy) is 1. The van der Waals surface area contributed by atoms with Crippen LogP contribution in [0.1, 0.15) is 36.8 Å². The van der Waals surface area contributed by atoms with Gasteiger partial charge in [0.15, 0.2) is 0 Å². The third-order valence-electron chi connectivity index (χ3n) is 5.13. The minimum absolute atomic E-state index is 0.0878. The van der Waals surface area contributed by atoms with Crippen molar-refractivity contribution in [2.45, 2.75) is 37.4 Å². The summed E-state index contributed by atoms with van der Waals surface area (Å²) in [7, 11) is 0. The van der Waals surface area contributed by atoms with E-state index in [9.17, 15) is 27.9 Å². The average molecular weight is 407 g/mol. The van der Waals surface area contributed by atoms with Crippen LogP contribution >= 0.6 is 0 Å². The molecule has 0 aliphatic heterocycles. The molecule has 0 fully saturated rings. The first kappa shape index (κ1) is 20.7. The second kappa shape index (κ2) is 7.77. The van der Waals surface area contributed by atoms with Crippen LogP contribution in [0.2, 0.25) is 0 Å². The third kappa shape index (κ3) is 3.66. The molecule has 154 valence electrons. The van der Waals surface area contributed by atoms with Crippen LogP contribution in [-0.2, 0) is 9.53 Å². The lowest BCUT2D eigenvalue weighted by molar-refractivity contribution is -0.210. The summed E-state index contributed by atoms with van der Waals surface area (Å²) in [6.45, 7) is 1.20. The number of carboxylic acids is 1. The Bertz CT molecular complexity index is 883. The van der Waals surface area contributed by atoms with Crippen molar-refractivity contribution < 1.29 is 32.6 Å². The maximum absolute atomic E-state index is 13.5. The highest BCUT2D eigenvalue weighted by atomic mass is 19.4. The van der Waals surface area contributed by atoms with Gasteiger partial charge in [-0.05, 0) is 28.7 Å². The molecule has 0 spiro atoms. The average Bonchev–Trinajstić information content (AvgIpc) is 2.99. The van der Waals surface area contributed by atoms with E-state index in [4.69, 9.17) is 4.74 Å². The zero-order valence-corrected chi connectivity index (χ0v) is 15.6. The highest BCUT2D eigenvalue weighted by Crippen LogP contribution is 2.44. The van der Waals surface area contributed by atoms with Gasteiger partial charge in [-0.25, -0.2) is 9.59 Å². The van der Waals surface area contributed by atoms with Crippen molar-refractivity contribution in [2.75, 3.05) is 6.61 Å². The number of carbonyl (C=O) groups is 2. The molecule has 0 bridgehead atoms. The number of nitrogens with one attached hydrogen (secondary N) is 1. The van der Waals surface area contributed by atoms with Crippen LogP contribution in [0.25, 0.3) is 11.1 Å². The standard InChI is InChI=1S/C21H20F3NO4/c1-2-11-20(18(26)27,21(22,23)24)25-19(28)29-12-17-15-9-5-3-7-13(15)14-8-4-6-10-16(14)17/h3-10,17H,2,11-12H2,1H3,(H,25,28)(H,26,27)/t20-/m0/s1. The Kier molecular flexibility index (Phi) is 5.55. The van der Waals surface area contributed by atoms with Gasteiger partial charge in [-0.2, -0.15) is 13.2 Å². The summed E-state index contributed by atoms with van der Waals surface area (Å²) in [5.41, 5.74) is 0.354. The normalized spacial score (nSPS) is 15.2. The second-order valence-electron chi connectivity index (χ2n) is 6.91. The van der Waals surface area contributed by atoms with Gasteiger partial charge in [0.1, 0.15) is 6.61 Å². The maximum atomic E-state index is 13.5. The van der Waals surface area contributed by atoms with Gasteiger partial charge >= 0.3 is 18.2 Å². The molecule has 0 saturated carbocycles. The topological polar surface area (TPSA) is 75.6 Å². The van der Waals surface area contributed by atoms with Crippen molar-refractivity contribution in [3.63, 3.8) is 0 Å². The first-order chi connectivity index (χ1) is 13.7. The molecule has 1 aliphatic rings. The van der Waals surface area contributed by atoms with Crippen LogP contribution in [0.4, 0.5) is 18.0 Å². The Morgan fingerprint density at radius 3 is 2.00 bits per heavy atom. The van der Waals surface area contributed by atoms with Gasteiger partial charge in [0, 0.05) is 5.92 Å². The van der Waals surface area contributed by atoms with Gasteiger partial charge in [-0.1, -0.05) is 61.9 Å². The molecular formula is C21H20F3NO4. The summed E-state index contributed by atoms with van der Waals surface area (Å²) in [5, 5.41) is 10.7. The molecule has 2 aromatic carbocycles. The zero-order chi connectivity index (χ0) is 21.2. The van der Waals surface area contributed by atoms with E-state index in [1.807, 2.05) is 48.5 Å². The Morgan fingerprint density at radius 2 is 1.55 bits per heavy atom. The van der Waals surface area contributed by atoms with Crippen molar-refractivity contribution >= 4 is 12.1 Å². The largest absolute Gasteiger partial charge is 0.479 e. The first-order valence-electron chi connectivity index (χ1n) is 9.14. The zero-order valence-electron chi connectivity index (χ0n) is 15.6. The number of carboxylic acid groups (broad SMARTS) is 1. The maximum Gasteiger partial charge on any atom is 0.422 e. The number of alkyl carbamates (subject to hydrolysis) is 1. The number of halogens is 3. The number of hydrogen-bond donors (Lipinski definition) is 2. The first-order valence-corrected chi connectivity index (χ1v) is 9.14. The summed E-state index contributed by atoms with van der Waals surface area (Å²) in [6.07, 6.45) is -7.47. The Balaban J connectivity index is 1.79. The molecular weight excluding hydrogens is 387 g/mol. The number of fused-ring (bicyclic) bond motifs is 3. The SMILES string of the molecule is CCC[C@](NC(=O)OCC1c2ccccc2-c2ccccc21)(C(=O)O)C(F)(F)F. The highest BCUT2D eigenvalue weighted by molar-refractivity contribution is 5.85. The van der Waals surface area contributed by atoms with Crippen LogP contribution in [0.3, 0.4) is 0 Å². The van der Waals surface area contributed by atoms with Gasteiger partial charge in [0.05, 0.1) is 0 Å². The molecule has 5 nitrogen and oxygen atoms in total. The lowest BCUT2D eigenvalue weighted by Gasteiger charge is -2.31. The van der Waals surface area contributed by atoms with Gasteiger partial charge in [0.2, 0.25) is 5.54 Å². The molecule has 29 heavy (non-hydrogen) atoms. The van der Waals surface area contributed by atoms with Gasteiger partial charge < -0.3 is 9.84 Å². The van der Waals surface area contributed by atoms with E-state index in [0.717, 1.165) is 22.3 Å². The molecule has 0 unspecified atom stereocenters. The van der Waals surface area contributed by atoms with Crippen molar-refractivity contribution in [2.24, 2.45) is 0 Å². The molecule has 0 heterocycles.